The Morgan fingerprint density at radius 2 is 1.50 bits per heavy atom. The standard InChI is InChI=1S/C15H12BrNO/c16-17-13(11-7-3-1-4-8-11)14(17)15(18)12-9-5-2-6-10-12/h1-10,13-14H/t13-,14+,17?/m0/s1. The summed E-state index contributed by atoms with van der Waals surface area (Å²) in [5.74, 6) is 0.168. The van der Waals surface area contributed by atoms with E-state index in [-0.39, 0.29) is 17.9 Å². The lowest BCUT2D eigenvalue weighted by Gasteiger charge is -1.98. The summed E-state index contributed by atoms with van der Waals surface area (Å²) in [6, 6.07) is 19.6. The first-order chi connectivity index (χ1) is 8.79. The average molecular weight is 302 g/mol. The van der Waals surface area contributed by atoms with Crippen molar-refractivity contribution >= 4 is 21.9 Å². The summed E-state index contributed by atoms with van der Waals surface area (Å²) < 4.78 is 1.93. The van der Waals surface area contributed by atoms with Gasteiger partial charge in [-0.15, -0.1) is 0 Å². The molecule has 90 valence electrons. The number of carbonyl (C=O) groups is 1. The zero-order valence-corrected chi connectivity index (χ0v) is 11.2. The molecule has 1 unspecified atom stereocenters. The van der Waals surface area contributed by atoms with E-state index in [9.17, 15) is 4.79 Å². The molecule has 3 heteroatoms. The molecule has 0 aromatic heterocycles. The third-order valence-electron chi connectivity index (χ3n) is 3.21. The maximum atomic E-state index is 12.3. The Balaban J connectivity index is 1.82. The van der Waals surface area contributed by atoms with Crippen molar-refractivity contribution in [3.63, 3.8) is 0 Å². The largest absolute Gasteiger partial charge is 0.292 e. The van der Waals surface area contributed by atoms with Crippen molar-refractivity contribution in [1.82, 2.24) is 3.93 Å². The number of benzene rings is 2. The second kappa shape index (κ2) is 4.67. The van der Waals surface area contributed by atoms with Gasteiger partial charge in [-0.1, -0.05) is 60.7 Å². The second-order valence-corrected chi connectivity index (χ2v) is 5.19. The van der Waals surface area contributed by atoms with Gasteiger partial charge in [0.1, 0.15) is 6.04 Å². The monoisotopic (exact) mass is 301 g/mol. The molecule has 18 heavy (non-hydrogen) atoms. The quantitative estimate of drug-likeness (QED) is 0.490. The predicted octanol–water partition coefficient (Wildman–Crippen LogP) is 3.60. The highest BCUT2D eigenvalue weighted by atomic mass is 79.9. The molecule has 0 N–H and O–H groups in total. The molecule has 1 aliphatic rings. The first-order valence-electron chi connectivity index (χ1n) is 5.87. The van der Waals surface area contributed by atoms with Crippen LogP contribution in [0, 0.1) is 0 Å². The third-order valence-corrected chi connectivity index (χ3v) is 4.09. The highest BCUT2D eigenvalue weighted by Crippen LogP contribution is 2.47. The summed E-state index contributed by atoms with van der Waals surface area (Å²) in [5, 5.41) is 0. The van der Waals surface area contributed by atoms with Gasteiger partial charge in [0.05, 0.1) is 6.04 Å². The van der Waals surface area contributed by atoms with E-state index in [2.05, 4.69) is 28.3 Å². The van der Waals surface area contributed by atoms with Crippen molar-refractivity contribution < 1.29 is 4.79 Å². The molecule has 2 aromatic rings. The molecule has 3 atom stereocenters. The van der Waals surface area contributed by atoms with Gasteiger partial charge in [-0.05, 0) is 5.56 Å². The number of Topliss-reactive ketones (excluding diaryl/α,β-unsaturated/α-hetero) is 1. The van der Waals surface area contributed by atoms with Crippen molar-refractivity contribution in [3.05, 3.63) is 71.8 Å². The van der Waals surface area contributed by atoms with Crippen LogP contribution in [0.4, 0.5) is 0 Å². The van der Waals surface area contributed by atoms with Crippen LogP contribution in [0.2, 0.25) is 0 Å². The fourth-order valence-corrected chi connectivity index (χ4v) is 2.97. The smallest absolute Gasteiger partial charge is 0.182 e. The molecular weight excluding hydrogens is 290 g/mol. The van der Waals surface area contributed by atoms with Gasteiger partial charge in [-0.25, -0.2) is 3.93 Å². The van der Waals surface area contributed by atoms with E-state index in [0.29, 0.717) is 0 Å². The summed E-state index contributed by atoms with van der Waals surface area (Å²) in [6.07, 6.45) is 0. The number of nitrogens with zero attached hydrogens (tertiary/aromatic N) is 1. The van der Waals surface area contributed by atoms with Gasteiger partial charge >= 0.3 is 0 Å². The van der Waals surface area contributed by atoms with Crippen LogP contribution in [0.1, 0.15) is 22.0 Å². The lowest BCUT2D eigenvalue weighted by atomic mass is 10.0. The molecule has 0 aliphatic carbocycles. The molecule has 0 radical (unpaired) electrons. The van der Waals surface area contributed by atoms with Crippen LogP contribution in [-0.4, -0.2) is 15.8 Å². The first-order valence-corrected chi connectivity index (χ1v) is 6.58. The number of rotatable bonds is 3. The molecule has 0 amide bonds. The lowest BCUT2D eigenvalue weighted by Crippen LogP contribution is -2.09. The Hall–Kier alpha value is -1.45. The van der Waals surface area contributed by atoms with Crippen LogP contribution < -0.4 is 0 Å². The average Bonchev–Trinajstić information content (AvgIpc) is 3.11. The Kier molecular flexibility index (Phi) is 3.02. The molecule has 1 fully saturated rings. The fraction of sp³-hybridized carbons (Fsp3) is 0.133. The van der Waals surface area contributed by atoms with Gasteiger partial charge in [0.15, 0.2) is 5.78 Å². The summed E-state index contributed by atoms with van der Waals surface area (Å²) in [7, 11) is 0. The van der Waals surface area contributed by atoms with E-state index < -0.39 is 0 Å². The van der Waals surface area contributed by atoms with Gasteiger partial charge in [0, 0.05) is 21.7 Å². The summed E-state index contributed by atoms with van der Waals surface area (Å²) >= 11 is 3.46. The molecule has 1 saturated heterocycles. The van der Waals surface area contributed by atoms with Crippen molar-refractivity contribution in [3.8, 4) is 0 Å². The van der Waals surface area contributed by atoms with Gasteiger partial charge < -0.3 is 0 Å². The zero-order valence-electron chi connectivity index (χ0n) is 9.66. The van der Waals surface area contributed by atoms with E-state index >= 15 is 0 Å². The van der Waals surface area contributed by atoms with Crippen LogP contribution >= 0.6 is 16.1 Å². The highest BCUT2D eigenvalue weighted by molar-refractivity contribution is 9.07. The van der Waals surface area contributed by atoms with Gasteiger partial charge in [-0.3, -0.25) is 4.79 Å². The minimum atomic E-state index is -0.0881. The van der Waals surface area contributed by atoms with Crippen molar-refractivity contribution in [2.75, 3.05) is 0 Å². The minimum absolute atomic E-state index is 0.0881. The molecule has 0 saturated carbocycles. The number of hydrogen-bond acceptors (Lipinski definition) is 2. The maximum Gasteiger partial charge on any atom is 0.182 e. The predicted molar refractivity (Wildman–Crippen MR) is 74.5 cm³/mol. The van der Waals surface area contributed by atoms with E-state index in [0.717, 1.165) is 5.56 Å². The van der Waals surface area contributed by atoms with Crippen LogP contribution in [0.5, 0.6) is 0 Å². The molecule has 2 nitrogen and oxygen atoms in total. The molecule has 0 bridgehead atoms. The van der Waals surface area contributed by atoms with Gasteiger partial charge in [0.2, 0.25) is 0 Å². The highest BCUT2D eigenvalue weighted by Gasteiger charge is 2.52. The summed E-state index contributed by atoms with van der Waals surface area (Å²) in [4.78, 5) is 12.3. The Labute approximate surface area is 115 Å². The maximum absolute atomic E-state index is 12.3. The molecule has 1 aliphatic heterocycles. The van der Waals surface area contributed by atoms with Gasteiger partial charge in [-0.2, -0.15) is 0 Å². The fourth-order valence-electron chi connectivity index (χ4n) is 2.21. The molecule has 3 rings (SSSR count). The minimum Gasteiger partial charge on any atom is -0.292 e. The van der Waals surface area contributed by atoms with Crippen molar-refractivity contribution in [2.45, 2.75) is 12.1 Å². The SMILES string of the molecule is O=C(c1ccccc1)[C@H]1[C@H](c2ccccc2)N1Br. The van der Waals surface area contributed by atoms with Crippen LogP contribution in [0.3, 0.4) is 0 Å². The number of ketones is 1. The Morgan fingerprint density at radius 1 is 0.944 bits per heavy atom. The van der Waals surface area contributed by atoms with E-state index in [1.165, 1.54) is 5.56 Å². The summed E-state index contributed by atoms with van der Waals surface area (Å²) in [6.45, 7) is 0. The van der Waals surface area contributed by atoms with Crippen molar-refractivity contribution in [1.29, 1.82) is 0 Å². The third kappa shape index (κ3) is 2.00. The molecule has 0 spiro atoms. The van der Waals surface area contributed by atoms with Crippen molar-refractivity contribution in [2.24, 2.45) is 0 Å². The Morgan fingerprint density at radius 3 is 2.11 bits per heavy atom. The topological polar surface area (TPSA) is 20.1 Å². The molecular formula is C15H12BrNO. The zero-order chi connectivity index (χ0) is 12.5. The lowest BCUT2D eigenvalue weighted by molar-refractivity contribution is 0.0983. The molecule has 2 aromatic carbocycles. The normalized spacial score (nSPS) is 25.7. The van der Waals surface area contributed by atoms with E-state index in [1.54, 1.807) is 0 Å². The second-order valence-electron chi connectivity index (χ2n) is 4.37. The van der Waals surface area contributed by atoms with Gasteiger partial charge in [0.25, 0.3) is 0 Å². The Bertz CT molecular complexity index is 555. The van der Waals surface area contributed by atoms with Crippen LogP contribution in [0.25, 0.3) is 0 Å². The van der Waals surface area contributed by atoms with E-state index in [1.807, 2.05) is 52.5 Å². The van der Waals surface area contributed by atoms with E-state index in [4.69, 9.17) is 0 Å². The summed E-state index contributed by atoms with van der Waals surface area (Å²) in [5.41, 5.74) is 1.94. The molecule has 1 heterocycles. The number of halogens is 1. The number of carbonyl (C=O) groups excluding carboxylic acids is 1. The van der Waals surface area contributed by atoms with Crippen LogP contribution in [0.15, 0.2) is 60.7 Å². The first kappa shape index (κ1) is 11.6. The van der Waals surface area contributed by atoms with Crippen LogP contribution in [-0.2, 0) is 0 Å². The number of hydrogen-bond donors (Lipinski definition) is 0.